The van der Waals surface area contributed by atoms with Crippen molar-refractivity contribution < 1.29 is 13.3 Å². The second-order valence-corrected chi connectivity index (χ2v) is 8.18. The third kappa shape index (κ3) is 3.11. The molecule has 0 bridgehead atoms. The first-order valence-electron chi connectivity index (χ1n) is 7.89. The number of nitro groups is 1. The molecule has 3 rings (SSSR count). The number of nitrogens with zero attached hydrogens (tertiary/aromatic N) is 3. The molecular formula is C15H21N3O4S. The highest BCUT2D eigenvalue weighted by Crippen LogP contribution is 2.30. The van der Waals surface area contributed by atoms with Gasteiger partial charge in [0.15, 0.2) is 4.90 Å². The molecule has 0 radical (unpaired) electrons. The molecule has 0 aromatic heterocycles. The molecule has 0 N–H and O–H groups in total. The summed E-state index contributed by atoms with van der Waals surface area (Å²) in [4.78, 5) is 12.8. The maximum atomic E-state index is 13.0. The number of benzene rings is 1. The largest absolute Gasteiger partial charge is 0.299 e. The smallest absolute Gasteiger partial charge is 0.289 e. The molecule has 7 nitrogen and oxygen atoms in total. The van der Waals surface area contributed by atoms with Crippen LogP contribution in [0.5, 0.6) is 0 Å². The second kappa shape index (κ2) is 6.18. The lowest BCUT2D eigenvalue weighted by atomic mass is 10.2. The van der Waals surface area contributed by atoms with Crippen LogP contribution < -0.4 is 0 Å². The van der Waals surface area contributed by atoms with Gasteiger partial charge in [0.25, 0.3) is 5.69 Å². The van der Waals surface area contributed by atoms with Crippen LogP contribution in [0.4, 0.5) is 5.69 Å². The van der Waals surface area contributed by atoms with Gasteiger partial charge >= 0.3 is 0 Å². The quantitative estimate of drug-likeness (QED) is 0.619. The molecule has 8 heteroatoms. The lowest BCUT2D eigenvalue weighted by molar-refractivity contribution is -0.387. The Morgan fingerprint density at radius 1 is 1.22 bits per heavy atom. The van der Waals surface area contributed by atoms with E-state index in [0.29, 0.717) is 18.7 Å². The summed E-state index contributed by atoms with van der Waals surface area (Å²) in [6.45, 7) is 4.47. The first-order chi connectivity index (χ1) is 10.9. The van der Waals surface area contributed by atoms with Gasteiger partial charge < -0.3 is 0 Å². The summed E-state index contributed by atoms with van der Waals surface area (Å²) in [6, 6.07) is 4.53. The van der Waals surface area contributed by atoms with Crippen molar-refractivity contribution in [3.8, 4) is 0 Å². The van der Waals surface area contributed by atoms with Crippen molar-refractivity contribution in [2.45, 2.75) is 37.1 Å². The van der Waals surface area contributed by atoms with Crippen molar-refractivity contribution >= 4 is 15.7 Å². The van der Waals surface area contributed by atoms with E-state index in [1.165, 1.54) is 16.4 Å². The maximum Gasteiger partial charge on any atom is 0.289 e. The number of hydrogen-bond acceptors (Lipinski definition) is 5. The van der Waals surface area contributed by atoms with Crippen molar-refractivity contribution in [2.75, 3.05) is 26.2 Å². The van der Waals surface area contributed by atoms with E-state index in [1.807, 2.05) is 0 Å². The van der Waals surface area contributed by atoms with Gasteiger partial charge in [-0.2, -0.15) is 4.31 Å². The fourth-order valence-electron chi connectivity index (χ4n) is 3.52. The predicted octanol–water partition coefficient (Wildman–Crippen LogP) is 1.76. The van der Waals surface area contributed by atoms with Gasteiger partial charge in [-0.1, -0.05) is 6.07 Å². The number of nitro benzene ring substituents is 1. The normalized spacial score (nSPS) is 23.4. The van der Waals surface area contributed by atoms with E-state index in [0.717, 1.165) is 32.4 Å². The van der Waals surface area contributed by atoms with Crippen LogP contribution in [0.15, 0.2) is 23.1 Å². The number of sulfonamides is 1. The first kappa shape index (κ1) is 16.4. The average Bonchev–Trinajstić information content (AvgIpc) is 2.83. The summed E-state index contributed by atoms with van der Waals surface area (Å²) in [5.41, 5.74) is 0.339. The zero-order valence-electron chi connectivity index (χ0n) is 13.1. The molecule has 2 fully saturated rings. The van der Waals surface area contributed by atoms with E-state index < -0.39 is 14.9 Å². The molecule has 0 saturated carbocycles. The van der Waals surface area contributed by atoms with E-state index in [2.05, 4.69) is 4.90 Å². The Kier molecular flexibility index (Phi) is 4.39. The Morgan fingerprint density at radius 3 is 2.70 bits per heavy atom. The monoisotopic (exact) mass is 339 g/mol. The zero-order valence-corrected chi connectivity index (χ0v) is 14.0. The van der Waals surface area contributed by atoms with E-state index in [1.54, 1.807) is 13.0 Å². The van der Waals surface area contributed by atoms with Crippen molar-refractivity contribution in [2.24, 2.45) is 0 Å². The van der Waals surface area contributed by atoms with Gasteiger partial charge in [0.1, 0.15) is 0 Å². The molecule has 1 aromatic carbocycles. The lowest BCUT2D eigenvalue weighted by Crippen LogP contribution is -2.39. The van der Waals surface area contributed by atoms with Gasteiger partial charge in [-0.05, 0) is 50.9 Å². The van der Waals surface area contributed by atoms with Gasteiger partial charge in [-0.25, -0.2) is 8.42 Å². The molecule has 2 heterocycles. The third-order valence-electron chi connectivity index (χ3n) is 4.70. The highest BCUT2D eigenvalue weighted by Gasteiger charge is 2.37. The van der Waals surface area contributed by atoms with Crippen LogP contribution in [0.1, 0.15) is 24.8 Å². The van der Waals surface area contributed by atoms with Crippen molar-refractivity contribution in [1.29, 1.82) is 0 Å². The molecular weight excluding hydrogens is 318 g/mol. The minimum Gasteiger partial charge on any atom is -0.299 e. The van der Waals surface area contributed by atoms with Gasteiger partial charge in [0.05, 0.1) is 4.92 Å². The van der Waals surface area contributed by atoms with Gasteiger partial charge in [-0.3, -0.25) is 15.0 Å². The molecule has 23 heavy (non-hydrogen) atoms. The van der Waals surface area contributed by atoms with Crippen LogP contribution in [0.2, 0.25) is 0 Å². The highest BCUT2D eigenvalue weighted by atomic mass is 32.2. The Labute approximate surface area is 136 Å². The van der Waals surface area contributed by atoms with Gasteiger partial charge in [-0.15, -0.1) is 0 Å². The van der Waals surface area contributed by atoms with Crippen LogP contribution in [0, 0.1) is 17.0 Å². The molecule has 0 spiro atoms. The Morgan fingerprint density at radius 2 is 1.96 bits per heavy atom. The lowest BCUT2D eigenvalue weighted by Gasteiger charge is -2.25. The standard InChI is InChI=1S/C15H21N3O4S/c1-12-5-6-15(14(10-12)18(19)20)23(21,22)17-9-3-8-16-7-2-4-13(16)11-17/h5-6,10,13H,2-4,7-9,11H2,1H3. The van der Waals surface area contributed by atoms with Crippen LogP contribution in [0.3, 0.4) is 0 Å². The molecule has 1 unspecified atom stereocenters. The fourth-order valence-corrected chi connectivity index (χ4v) is 5.17. The number of rotatable bonds is 3. The first-order valence-corrected chi connectivity index (χ1v) is 9.33. The van der Waals surface area contributed by atoms with Crippen LogP contribution >= 0.6 is 0 Å². The zero-order chi connectivity index (χ0) is 16.6. The van der Waals surface area contributed by atoms with Crippen LogP contribution in [-0.4, -0.2) is 54.8 Å². The summed E-state index contributed by atoms with van der Waals surface area (Å²) >= 11 is 0. The number of fused-ring (bicyclic) bond motifs is 1. The minimum atomic E-state index is -3.85. The predicted molar refractivity (Wildman–Crippen MR) is 85.8 cm³/mol. The van der Waals surface area contributed by atoms with E-state index in [-0.39, 0.29) is 16.6 Å². The minimum absolute atomic E-state index is 0.195. The Hall–Kier alpha value is -1.51. The van der Waals surface area contributed by atoms with Gasteiger partial charge in [0, 0.05) is 25.2 Å². The molecule has 2 aliphatic rings. The molecule has 0 aliphatic carbocycles. The highest BCUT2D eigenvalue weighted by molar-refractivity contribution is 7.89. The van der Waals surface area contributed by atoms with Crippen molar-refractivity contribution in [1.82, 2.24) is 9.21 Å². The Bertz CT molecular complexity index is 719. The number of aryl methyl sites for hydroxylation is 1. The van der Waals surface area contributed by atoms with Crippen LogP contribution in [0.25, 0.3) is 0 Å². The molecule has 2 aliphatic heterocycles. The summed E-state index contributed by atoms with van der Waals surface area (Å²) in [5, 5.41) is 11.3. The summed E-state index contributed by atoms with van der Waals surface area (Å²) in [7, 11) is -3.85. The van der Waals surface area contributed by atoms with Crippen molar-refractivity contribution in [3.05, 3.63) is 33.9 Å². The summed E-state index contributed by atoms with van der Waals surface area (Å²) in [5.74, 6) is 0. The molecule has 1 aromatic rings. The van der Waals surface area contributed by atoms with E-state index in [9.17, 15) is 18.5 Å². The van der Waals surface area contributed by atoms with Crippen LogP contribution in [-0.2, 0) is 10.0 Å². The summed E-state index contributed by atoms with van der Waals surface area (Å²) in [6.07, 6.45) is 2.83. The molecule has 1 atom stereocenters. The van der Waals surface area contributed by atoms with E-state index in [4.69, 9.17) is 0 Å². The number of hydrogen-bond donors (Lipinski definition) is 0. The SMILES string of the molecule is Cc1ccc(S(=O)(=O)N2CCCN3CCCC3C2)c([N+](=O)[O-])c1. The summed E-state index contributed by atoms with van der Waals surface area (Å²) < 4.78 is 27.4. The second-order valence-electron chi connectivity index (χ2n) is 6.28. The topological polar surface area (TPSA) is 83.8 Å². The average molecular weight is 339 g/mol. The van der Waals surface area contributed by atoms with Gasteiger partial charge in [0.2, 0.25) is 10.0 Å². The molecule has 0 amide bonds. The van der Waals surface area contributed by atoms with Crippen molar-refractivity contribution in [3.63, 3.8) is 0 Å². The fraction of sp³-hybridized carbons (Fsp3) is 0.600. The molecule has 126 valence electrons. The third-order valence-corrected chi connectivity index (χ3v) is 6.61. The van der Waals surface area contributed by atoms with E-state index >= 15 is 0 Å². The maximum absolute atomic E-state index is 13.0. The molecule has 2 saturated heterocycles. The Balaban J connectivity index is 1.96.